The molecule has 0 saturated carbocycles. The van der Waals surface area contributed by atoms with Crippen molar-refractivity contribution >= 4 is 11.8 Å². The van der Waals surface area contributed by atoms with Crippen molar-refractivity contribution in [2.45, 2.75) is 65.2 Å². The van der Waals surface area contributed by atoms with Crippen molar-refractivity contribution in [3.8, 4) is 17.6 Å². The van der Waals surface area contributed by atoms with Crippen molar-refractivity contribution < 1.29 is 18.7 Å². The van der Waals surface area contributed by atoms with Crippen LogP contribution in [-0.4, -0.2) is 45.0 Å². The molecule has 2 unspecified atom stereocenters. The predicted octanol–water partition coefficient (Wildman–Crippen LogP) is 3.66. The van der Waals surface area contributed by atoms with Gasteiger partial charge in [0, 0.05) is 17.7 Å². The molecular formula is C30H33FN6O4. The van der Waals surface area contributed by atoms with Crippen LogP contribution in [-0.2, 0) is 4.79 Å². The number of benzene rings is 2. The number of carbonyl (C=O) groups is 2. The van der Waals surface area contributed by atoms with Gasteiger partial charge in [-0.15, -0.1) is 0 Å². The zero-order valence-corrected chi connectivity index (χ0v) is 23.6. The summed E-state index contributed by atoms with van der Waals surface area (Å²) in [5, 5.41) is 18.8. The topological polar surface area (TPSA) is 154 Å². The predicted molar refractivity (Wildman–Crippen MR) is 150 cm³/mol. The van der Waals surface area contributed by atoms with Gasteiger partial charge in [0.2, 0.25) is 5.91 Å². The van der Waals surface area contributed by atoms with Gasteiger partial charge in [-0.3, -0.25) is 14.4 Å². The van der Waals surface area contributed by atoms with E-state index < -0.39 is 52.8 Å². The van der Waals surface area contributed by atoms with Crippen LogP contribution in [0.4, 0.5) is 4.39 Å². The van der Waals surface area contributed by atoms with Crippen molar-refractivity contribution in [3.05, 3.63) is 87.1 Å². The summed E-state index contributed by atoms with van der Waals surface area (Å²) in [6.07, 6.45) is 0.342. The van der Waals surface area contributed by atoms with Crippen molar-refractivity contribution in [2.24, 2.45) is 11.1 Å². The molecule has 4 rings (SSSR count). The molecular weight excluding hydrogens is 527 g/mol. The zero-order valence-electron chi connectivity index (χ0n) is 23.6. The van der Waals surface area contributed by atoms with Crippen LogP contribution in [0.2, 0.25) is 0 Å². The van der Waals surface area contributed by atoms with E-state index in [9.17, 15) is 24.0 Å². The summed E-state index contributed by atoms with van der Waals surface area (Å²) >= 11 is 0. The van der Waals surface area contributed by atoms with E-state index in [1.54, 1.807) is 58.9 Å². The summed E-state index contributed by atoms with van der Waals surface area (Å²) in [5.74, 6) is -0.938. The van der Waals surface area contributed by atoms with E-state index in [2.05, 4.69) is 21.6 Å². The number of nitrogens with zero attached hydrogens (tertiary/aromatic N) is 3. The lowest BCUT2D eigenvalue weighted by Crippen LogP contribution is -2.52. The first kappa shape index (κ1) is 29.4. The van der Waals surface area contributed by atoms with Crippen LogP contribution in [0.3, 0.4) is 0 Å². The van der Waals surface area contributed by atoms with E-state index in [1.807, 2.05) is 0 Å². The fourth-order valence-electron chi connectivity index (χ4n) is 5.15. The highest BCUT2D eigenvalue weighted by atomic mass is 19.1. The first-order valence-electron chi connectivity index (χ1n) is 13.2. The van der Waals surface area contributed by atoms with Crippen molar-refractivity contribution in [1.82, 2.24) is 20.4 Å². The van der Waals surface area contributed by atoms with Gasteiger partial charge in [-0.2, -0.15) is 10.4 Å². The van der Waals surface area contributed by atoms with Crippen LogP contribution >= 0.6 is 0 Å². The largest absolute Gasteiger partial charge is 0.451 e. The molecule has 0 radical (unpaired) electrons. The third kappa shape index (κ3) is 6.12. The summed E-state index contributed by atoms with van der Waals surface area (Å²) in [7, 11) is 0. The SMILES string of the molecule is Cc1cc(Oc2ccc(C(=O)NC(C)C(=O)N3C(C(C)(C)C#N)C[C@H](N)[C@H]3c3cccc(F)c3)cc2C)c(=O)[nH]n1. The molecule has 3 aromatic rings. The normalized spacial score (nSPS) is 19.4. The van der Waals surface area contributed by atoms with E-state index in [-0.39, 0.29) is 11.3 Å². The van der Waals surface area contributed by atoms with Crippen molar-refractivity contribution in [3.63, 3.8) is 0 Å². The number of hydrogen-bond donors (Lipinski definition) is 3. The average molecular weight is 561 g/mol. The maximum atomic E-state index is 14.1. The molecule has 1 aliphatic rings. The number of aryl methyl sites for hydroxylation is 2. The molecule has 1 fully saturated rings. The Morgan fingerprint density at radius 3 is 2.61 bits per heavy atom. The number of carbonyl (C=O) groups excluding carboxylic acids is 2. The third-order valence-electron chi connectivity index (χ3n) is 7.37. The minimum atomic E-state index is -0.976. The number of halogens is 1. The second kappa shape index (κ2) is 11.5. The van der Waals surface area contributed by atoms with E-state index in [0.717, 1.165) is 0 Å². The van der Waals surface area contributed by atoms with Crippen LogP contribution in [0.15, 0.2) is 53.3 Å². The number of ether oxygens (including phenoxy) is 1. The molecule has 1 saturated heterocycles. The number of nitriles is 1. The Morgan fingerprint density at radius 2 is 1.95 bits per heavy atom. The van der Waals surface area contributed by atoms with Gasteiger partial charge < -0.3 is 20.7 Å². The van der Waals surface area contributed by atoms with Crippen LogP contribution in [0.25, 0.3) is 0 Å². The summed E-state index contributed by atoms with van der Waals surface area (Å²) in [6.45, 7) is 8.47. The number of nitrogens with one attached hydrogen (secondary N) is 2. The maximum absolute atomic E-state index is 14.1. The smallest absolute Gasteiger partial charge is 0.307 e. The first-order valence-corrected chi connectivity index (χ1v) is 13.2. The fraction of sp³-hybridized carbons (Fsp3) is 0.367. The third-order valence-corrected chi connectivity index (χ3v) is 7.37. The van der Waals surface area contributed by atoms with Gasteiger partial charge in [-0.25, -0.2) is 9.49 Å². The Balaban J connectivity index is 1.56. The van der Waals surface area contributed by atoms with E-state index in [1.165, 1.54) is 29.2 Å². The molecule has 0 aliphatic carbocycles. The highest BCUT2D eigenvalue weighted by Crippen LogP contribution is 2.43. The summed E-state index contributed by atoms with van der Waals surface area (Å²) in [4.78, 5) is 40.6. The lowest BCUT2D eigenvalue weighted by molar-refractivity contribution is -0.137. The number of amides is 2. The standard InChI is InChI=1S/C30H33FN6O4/c1-16-11-20(9-10-23(16)41-24-12-17(2)35-36-28(24)39)27(38)34-18(3)29(40)37-25(30(4,5)15-32)14-22(33)26(37)19-7-6-8-21(31)13-19/h6-13,18,22,25-26H,14,33H2,1-5H3,(H,34,38)(H,36,39)/t18?,22-,25?,26+/m0/s1. The molecule has 11 heteroatoms. The van der Waals surface area contributed by atoms with Gasteiger partial charge in [-0.1, -0.05) is 12.1 Å². The van der Waals surface area contributed by atoms with Crippen LogP contribution in [0.1, 0.15) is 60.4 Å². The van der Waals surface area contributed by atoms with E-state index in [0.29, 0.717) is 29.0 Å². The molecule has 41 heavy (non-hydrogen) atoms. The number of rotatable bonds is 7. The Morgan fingerprint density at radius 1 is 1.22 bits per heavy atom. The Labute approximate surface area is 237 Å². The quantitative estimate of drug-likeness (QED) is 0.398. The molecule has 4 atom stereocenters. The van der Waals surface area contributed by atoms with Gasteiger partial charge in [-0.05, 0) is 82.5 Å². The minimum Gasteiger partial charge on any atom is -0.451 e. The first-order chi connectivity index (χ1) is 19.3. The van der Waals surface area contributed by atoms with Gasteiger partial charge in [0.1, 0.15) is 17.6 Å². The average Bonchev–Trinajstić information content (AvgIpc) is 3.29. The molecule has 0 bridgehead atoms. The minimum absolute atomic E-state index is 0.0727. The van der Waals surface area contributed by atoms with Gasteiger partial charge in [0.05, 0.1) is 29.3 Å². The monoisotopic (exact) mass is 560 g/mol. The number of nitrogens with two attached hydrogens (primary N) is 1. The van der Waals surface area contributed by atoms with Crippen LogP contribution in [0.5, 0.6) is 11.5 Å². The molecule has 2 heterocycles. The van der Waals surface area contributed by atoms with Crippen LogP contribution in [0, 0.1) is 36.4 Å². The molecule has 0 spiro atoms. The number of H-pyrrole nitrogens is 1. The lowest BCUT2D eigenvalue weighted by Gasteiger charge is -2.38. The summed E-state index contributed by atoms with van der Waals surface area (Å²) in [5.41, 5.74) is 7.02. The summed E-state index contributed by atoms with van der Waals surface area (Å²) < 4.78 is 19.9. The summed E-state index contributed by atoms with van der Waals surface area (Å²) in [6, 6.07) is 11.6. The Bertz CT molecular complexity index is 1580. The molecule has 2 aromatic carbocycles. The van der Waals surface area contributed by atoms with Crippen molar-refractivity contribution in [2.75, 3.05) is 0 Å². The Kier molecular flexibility index (Phi) is 8.26. The van der Waals surface area contributed by atoms with Crippen LogP contribution < -0.4 is 21.3 Å². The number of hydrogen-bond acceptors (Lipinski definition) is 7. The molecule has 1 aliphatic heterocycles. The Hall–Kier alpha value is -4.56. The zero-order chi connectivity index (χ0) is 30.1. The molecule has 214 valence electrons. The van der Waals surface area contributed by atoms with Gasteiger partial charge in [0.25, 0.3) is 5.91 Å². The van der Waals surface area contributed by atoms with Crippen molar-refractivity contribution in [1.29, 1.82) is 5.26 Å². The van der Waals surface area contributed by atoms with Gasteiger partial charge >= 0.3 is 5.56 Å². The maximum Gasteiger partial charge on any atom is 0.307 e. The fourth-order valence-corrected chi connectivity index (χ4v) is 5.15. The number of likely N-dealkylation sites (tertiary alicyclic amines) is 1. The molecule has 1 aromatic heterocycles. The molecule has 2 amide bonds. The number of aromatic nitrogens is 2. The second-order valence-electron chi connectivity index (χ2n) is 11.0. The van der Waals surface area contributed by atoms with Gasteiger partial charge in [0.15, 0.2) is 5.75 Å². The highest BCUT2D eigenvalue weighted by molar-refractivity contribution is 5.98. The highest BCUT2D eigenvalue weighted by Gasteiger charge is 2.50. The van der Waals surface area contributed by atoms with E-state index >= 15 is 0 Å². The van der Waals surface area contributed by atoms with E-state index in [4.69, 9.17) is 10.5 Å². The second-order valence-corrected chi connectivity index (χ2v) is 11.0. The lowest BCUT2D eigenvalue weighted by atomic mass is 9.84. The number of aromatic amines is 1. The molecule has 10 nitrogen and oxygen atoms in total. The molecule has 4 N–H and O–H groups in total.